The maximum Gasteiger partial charge on any atom is 0.306 e. The van der Waals surface area contributed by atoms with E-state index in [9.17, 15) is 14.4 Å². The van der Waals surface area contributed by atoms with E-state index in [4.69, 9.17) is 14.2 Å². The van der Waals surface area contributed by atoms with Crippen molar-refractivity contribution in [3.8, 4) is 0 Å². The molecular weight excluding hydrogens is 829 g/mol. The molecule has 0 rings (SSSR count). The summed E-state index contributed by atoms with van der Waals surface area (Å²) in [5.41, 5.74) is 0. The Morgan fingerprint density at radius 3 is 1.10 bits per heavy atom. The molecule has 0 aliphatic rings. The van der Waals surface area contributed by atoms with E-state index in [0.29, 0.717) is 19.3 Å². The van der Waals surface area contributed by atoms with Crippen molar-refractivity contribution in [3.05, 3.63) is 97.2 Å². The molecule has 6 heteroatoms. The van der Waals surface area contributed by atoms with Crippen LogP contribution in [0.25, 0.3) is 0 Å². The molecular formula is C61H102O6. The topological polar surface area (TPSA) is 78.9 Å². The Morgan fingerprint density at radius 2 is 0.657 bits per heavy atom. The van der Waals surface area contributed by atoms with Gasteiger partial charge in [0, 0.05) is 19.3 Å². The number of rotatable bonds is 49. The first kappa shape index (κ1) is 63.3. The summed E-state index contributed by atoms with van der Waals surface area (Å²) >= 11 is 0. The molecule has 0 amide bonds. The number of carbonyl (C=O) groups excluding carboxylic acids is 3. The van der Waals surface area contributed by atoms with Crippen LogP contribution >= 0.6 is 0 Å². The van der Waals surface area contributed by atoms with E-state index in [2.05, 4.69) is 99.8 Å². The van der Waals surface area contributed by atoms with Gasteiger partial charge in [-0.1, -0.05) is 234 Å². The minimum atomic E-state index is -0.795. The highest BCUT2D eigenvalue weighted by Crippen LogP contribution is 2.15. The number of carbonyl (C=O) groups is 3. The van der Waals surface area contributed by atoms with Crippen LogP contribution < -0.4 is 0 Å². The molecule has 0 fully saturated rings. The standard InChI is InChI=1S/C61H102O6/c1-4-7-10-13-16-19-22-25-28-29-30-31-34-36-39-42-45-48-51-54-60(63)66-57-58(67-61(64)55-52-49-46-43-40-37-33-27-24-21-18-15-12-9-6-3)56-65-59(62)53-50-47-44-41-38-35-32-26-23-20-17-14-11-8-5-2/h7,9-10,12,15-16,18-21,23-25,27-28,33,58H,4-6,8,11,13-14,17,22,26,29-32,34-57H2,1-3H3/b10-7-,12-9-,18-15-,19-16-,23-20-,24-21-,28-25-,33-27-. The first-order valence-corrected chi connectivity index (χ1v) is 27.8. The molecule has 1 atom stereocenters. The summed E-state index contributed by atoms with van der Waals surface area (Å²) in [7, 11) is 0. The summed E-state index contributed by atoms with van der Waals surface area (Å²) < 4.78 is 16.8. The highest BCUT2D eigenvalue weighted by Gasteiger charge is 2.19. The van der Waals surface area contributed by atoms with Crippen LogP contribution in [0, 0.1) is 0 Å². The Balaban J connectivity index is 4.42. The van der Waals surface area contributed by atoms with Crippen LogP contribution in [0.1, 0.15) is 252 Å². The molecule has 0 aliphatic carbocycles. The van der Waals surface area contributed by atoms with Gasteiger partial charge in [-0.05, 0) is 96.3 Å². The van der Waals surface area contributed by atoms with Crippen molar-refractivity contribution in [3.63, 3.8) is 0 Å². The lowest BCUT2D eigenvalue weighted by atomic mass is 10.1. The number of hydrogen-bond donors (Lipinski definition) is 0. The number of hydrogen-bond acceptors (Lipinski definition) is 6. The zero-order valence-electron chi connectivity index (χ0n) is 43.6. The number of esters is 3. The lowest BCUT2D eigenvalue weighted by Gasteiger charge is -2.18. The van der Waals surface area contributed by atoms with Gasteiger partial charge in [-0.3, -0.25) is 14.4 Å². The fraction of sp³-hybridized carbons (Fsp3) is 0.689. The molecule has 0 radical (unpaired) electrons. The normalized spacial score (nSPS) is 12.8. The molecule has 0 saturated heterocycles. The zero-order valence-corrected chi connectivity index (χ0v) is 43.6. The molecule has 0 heterocycles. The van der Waals surface area contributed by atoms with Crippen molar-refractivity contribution in [2.75, 3.05) is 13.2 Å². The number of unbranched alkanes of at least 4 members (excludes halogenated alkanes) is 25. The number of ether oxygens (including phenoxy) is 3. The highest BCUT2D eigenvalue weighted by molar-refractivity contribution is 5.71. The lowest BCUT2D eigenvalue weighted by Crippen LogP contribution is -2.30. The molecule has 0 spiro atoms. The molecule has 0 aromatic heterocycles. The van der Waals surface area contributed by atoms with Gasteiger partial charge < -0.3 is 14.2 Å². The van der Waals surface area contributed by atoms with Gasteiger partial charge in [-0.25, -0.2) is 0 Å². The molecule has 1 unspecified atom stereocenters. The predicted octanol–water partition coefficient (Wildman–Crippen LogP) is 18.5. The van der Waals surface area contributed by atoms with Crippen molar-refractivity contribution in [2.45, 2.75) is 258 Å². The van der Waals surface area contributed by atoms with Gasteiger partial charge in [0.1, 0.15) is 13.2 Å². The van der Waals surface area contributed by atoms with Gasteiger partial charge in [0.25, 0.3) is 0 Å². The second-order valence-electron chi connectivity index (χ2n) is 18.2. The van der Waals surface area contributed by atoms with Crippen molar-refractivity contribution in [1.29, 1.82) is 0 Å². The van der Waals surface area contributed by atoms with Crippen LogP contribution in [0.5, 0.6) is 0 Å². The Hall–Kier alpha value is -3.67. The van der Waals surface area contributed by atoms with Crippen LogP contribution in [0.4, 0.5) is 0 Å². The summed E-state index contributed by atoms with van der Waals surface area (Å²) in [6.07, 6.45) is 72.4. The fourth-order valence-electron chi connectivity index (χ4n) is 7.52. The first-order chi connectivity index (χ1) is 33.0. The van der Waals surface area contributed by atoms with Gasteiger partial charge in [0.2, 0.25) is 0 Å². The van der Waals surface area contributed by atoms with Gasteiger partial charge in [0.05, 0.1) is 0 Å². The van der Waals surface area contributed by atoms with Crippen molar-refractivity contribution in [1.82, 2.24) is 0 Å². The first-order valence-electron chi connectivity index (χ1n) is 27.8. The SMILES string of the molecule is CC\C=C/C=C\C=C/C=C\CCCCCCCC(=O)OC(COC(=O)CCCCCCCCC/C=C\CCCCCC)COC(=O)CCCCCCCCCCC/C=C\C/C=C\C/C=C\CC. The molecule has 0 aromatic rings. The summed E-state index contributed by atoms with van der Waals surface area (Å²) in [4.78, 5) is 38.1. The van der Waals surface area contributed by atoms with Crippen LogP contribution in [-0.4, -0.2) is 37.2 Å². The Morgan fingerprint density at radius 1 is 0.328 bits per heavy atom. The third-order valence-electron chi connectivity index (χ3n) is 11.6. The summed E-state index contributed by atoms with van der Waals surface area (Å²) in [5, 5.41) is 0. The Bertz CT molecular complexity index is 1350. The third kappa shape index (κ3) is 53.2. The van der Waals surface area contributed by atoms with Crippen molar-refractivity contribution >= 4 is 17.9 Å². The van der Waals surface area contributed by atoms with E-state index in [1.54, 1.807) is 0 Å². The fourth-order valence-corrected chi connectivity index (χ4v) is 7.52. The minimum Gasteiger partial charge on any atom is -0.462 e. The Labute approximate surface area is 413 Å². The molecule has 0 bridgehead atoms. The average molecular weight is 931 g/mol. The second-order valence-corrected chi connectivity index (χ2v) is 18.2. The van der Waals surface area contributed by atoms with E-state index in [-0.39, 0.29) is 31.1 Å². The van der Waals surface area contributed by atoms with Gasteiger partial charge in [0.15, 0.2) is 6.10 Å². The molecule has 382 valence electrons. The molecule has 0 aliphatic heterocycles. The monoisotopic (exact) mass is 931 g/mol. The number of allylic oxidation sites excluding steroid dienone is 16. The van der Waals surface area contributed by atoms with Crippen LogP contribution in [0.15, 0.2) is 97.2 Å². The summed E-state index contributed by atoms with van der Waals surface area (Å²) in [6.45, 7) is 6.36. The van der Waals surface area contributed by atoms with Crippen molar-refractivity contribution < 1.29 is 28.6 Å². The van der Waals surface area contributed by atoms with E-state index in [1.165, 1.54) is 109 Å². The van der Waals surface area contributed by atoms with E-state index >= 15 is 0 Å². The Kier molecular flexibility index (Phi) is 51.9. The zero-order chi connectivity index (χ0) is 48.6. The minimum absolute atomic E-state index is 0.0916. The van der Waals surface area contributed by atoms with E-state index in [0.717, 1.165) is 103 Å². The van der Waals surface area contributed by atoms with Crippen LogP contribution in [0.2, 0.25) is 0 Å². The maximum atomic E-state index is 12.8. The average Bonchev–Trinajstić information content (AvgIpc) is 3.33. The summed E-state index contributed by atoms with van der Waals surface area (Å²) in [6, 6.07) is 0. The van der Waals surface area contributed by atoms with Crippen molar-refractivity contribution in [2.24, 2.45) is 0 Å². The molecule has 0 N–H and O–H groups in total. The smallest absolute Gasteiger partial charge is 0.306 e. The van der Waals surface area contributed by atoms with Gasteiger partial charge in [-0.2, -0.15) is 0 Å². The molecule has 67 heavy (non-hydrogen) atoms. The molecule has 0 aromatic carbocycles. The van der Waals surface area contributed by atoms with Gasteiger partial charge >= 0.3 is 17.9 Å². The van der Waals surface area contributed by atoms with E-state index < -0.39 is 6.10 Å². The van der Waals surface area contributed by atoms with Crippen LogP contribution in [-0.2, 0) is 28.6 Å². The predicted molar refractivity (Wildman–Crippen MR) is 288 cm³/mol. The highest BCUT2D eigenvalue weighted by atomic mass is 16.6. The van der Waals surface area contributed by atoms with Crippen LogP contribution in [0.3, 0.4) is 0 Å². The quantitative estimate of drug-likeness (QED) is 0.0199. The van der Waals surface area contributed by atoms with Gasteiger partial charge in [-0.15, -0.1) is 0 Å². The van der Waals surface area contributed by atoms with E-state index in [1.807, 2.05) is 18.2 Å². The largest absolute Gasteiger partial charge is 0.462 e. The third-order valence-corrected chi connectivity index (χ3v) is 11.6. The molecule has 0 saturated carbocycles. The lowest BCUT2D eigenvalue weighted by molar-refractivity contribution is -0.167. The summed E-state index contributed by atoms with van der Waals surface area (Å²) in [5.74, 6) is -0.923. The maximum absolute atomic E-state index is 12.8. The second kappa shape index (κ2) is 54.9. The molecule has 6 nitrogen and oxygen atoms in total.